The highest BCUT2D eigenvalue weighted by atomic mass is 35.5. The van der Waals surface area contributed by atoms with E-state index in [1.54, 1.807) is 18.2 Å². The number of aromatic nitrogens is 2. The largest absolute Gasteiger partial charge is 0.395 e. The lowest BCUT2D eigenvalue weighted by atomic mass is 10.2. The highest BCUT2D eigenvalue weighted by Crippen LogP contribution is 2.19. The van der Waals surface area contributed by atoms with Crippen molar-refractivity contribution in [3.05, 3.63) is 39.4 Å². The maximum absolute atomic E-state index is 12.1. The number of aliphatic hydroxyl groups is 1. The summed E-state index contributed by atoms with van der Waals surface area (Å²) in [4.78, 5) is 21.5. The monoisotopic (exact) mass is 293 g/mol. The molecule has 6 heteroatoms. The molecule has 0 amide bonds. The van der Waals surface area contributed by atoms with Gasteiger partial charge in [-0.2, -0.15) is 0 Å². The van der Waals surface area contributed by atoms with Gasteiger partial charge in [0.25, 0.3) is 5.56 Å². The second-order valence-electron chi connectivity index (χ2n) is 5.12. The average Bonchev–Trinajstić information content (AvgIpc) is 2.87. The van der Waals surface area contributed by atoms with Crippen LogP contribution in [-0.4, -0.2) is 39.2 Å². The minimum Gasteiger partial charge on any atom is -0.395 e. The fourth-order valence-corrected chi connectivity index (χ4v) is 2.91. The van der Waals surface area contributed by atoms with Crippen LogP contribution < -0.4 is 5.56 Å². The molecule has 1 fully saturated rings. The normalized spacial score (nSPS) is 19.8. The van der Waals surface area contributed by atoms with Gasteiger partial charge in [0, 0.05) is 11.1 Å². The minimum atomic E-state index is -0.174. The number of hydrogen-bond donors (Lipinski definition) is 2. The number of fused-ring (bicyclic) bond motifs is 1. The van der Waals surface area contributed by atoms with E-state index in [0.29, 0.717) is 28.3 Å². The van der Waals surface area contributed by atoms with Crippen molar-refractivity contribution in [1.82, 2.24) is 14.9 Å². The van der Waals surface area contributed by atoms with Crippen LogP contribution in [0, 0.1) is 0 Å². The van der Waals surface area contributed by atoms with Crippen molar-refractivity contribution in [2.45, 2.75) is 25.4 Å². The molecule has 2 N–H and O–H groups in total. The lowest BCUT2D eigenvalue weighted by molar-refractivity contribution is 0.151. The summed E-state index contributed by atoms with van der Waals surface area (Å²) in [6.45, 7) is 1.63. The molecule has 1 aromatic heterocycles. The third-order valence-electron chi connectivity index (χ3n) is 3.78. The molecule has 3 rings (SSSR count). The molecular formula is C14H16ClN3O2. The number of benzene rings is 1. The van der Waals surface area contributed by atoms with Gasteiger partial charge in [0.05, 0.1) is 24.1 Å². The predicted molar refractivity (Wildman–Crippen MR) is 77.9 cm³/mol. The highest BCUT2D eigenvalue weighted by Gasteiger charge is 2.24. The summed E-state index contributed by atoms with van der Waals surface area (Å²) in [5.41, 5.74) is 0.472. The molecule has 0 saturated carbocycles. The first kappa shape index (κ1) is 13.5. The number of aliphatic hydroxyl groups excluding tert-OH is 1. The fraction of sp³-hybridized carbons (Fsp3) is 0.429. The number of nitrogens with one attached hydrogen (secondary N) is 1. The van der Waals surface area contributed by atoms with E-state index in [1.165, 1.54) is 0 Å². The molecule has 0 unspecified atom stereocenters. The Morgan fingerprint density at radius 3 is 3.15 bits per heavy atom. The summed E-state index contributed by atoms with van der Waals surface area (Å²) in [6.07, 6.45) is 2.06. The van der Waals surface area contributed by atoms with Crippen LogP contribution in [0.1, 0.15) is 18.7 Å². The molecule has 1 saturated heterocycles. The average molecular weight is 294 g/mol. The zero-order valence-electron chi connectivity index (χ0n) is 11.0. The molecule has 2 heterocycles. The Bertz CT molecular complexity index is 686. The number of aromatic amines is 1. The number of rotatable bonds is 3. The van der Waals surface area contributed by atoms with E-state index >= 15 is 0 Å². The van der Waals surface area contributed by atoms with E-state index in [1.807, 2.05) is 0 Å². The molecule has 0 radical (unpaired) electrons. The minimum absolute atomic E-state index is 0.146. The van der Waals surface area contributed by atoms with Gasteiger partial charge < -0.3 is 10.1 Å². The topological polar surface area (TPSA) is 69.2 Å². The van der Waals surface area contributed by atoms with Gasteiger partial charge in [0.2, 0.25) is 0 Å². The van der Waals surface area contributed by atoms with Crippen molar-refractivity contribution in [3.8, 4) is 0 Å². The molecule has 0 bridgehead atoms. The van der Waals surface area contributed by atoms with Crippen LogP contribution in [0.4, 0.5) is 0 Å². The number of H-pyrrole nitrogens is 1. The van der Waals surface area contributed by atoms with Crippen LogP contribution in [-0.2, 0) is 6.54 Å². The Balaban J connectivity index is 1.93. The molecule has 1 aromatic carbocycles. The summed E-state index contributed by atoms with van der Waals surface area (Å²) >= 11 is 5.89. The van der Waals surface area contributed by atoms with E-state index in [0.717, 1.165) is 19.4 Å². The van der Waals surface area contributed by atoms with E-state index in [-0.39, 0.29) is 18.2 Å². The summed E-state index contributed by atoms with van der Waals surface area (Å²) in [6, 6.07) is 5.27. The van der Waals surface area contributed by atoms with Gasteiger partial charge in [0.1, 0.15) is 5.82 Å². The number of nitrogens with zero attached hydrogens (tertiary/aromatic N) is 2. The van der Waals surface area contributed by atoms with Gasteiger partial charge in [0.15, 0.2) is 0 Å². The summed E-state index contributed by atoms with van der Waals surface area (Å²) in [7, 11) is 0. The Labute approximate surface area is 121 Å². The van der Waals surface area contributed by atoms with Crippen molar-refractivity contribution < 1.29 is 5.11 Å². The van der Waals surface area contributed by atoms with Crippen molar-refractivity contribution in [1.29, 1.82) is 0 Å². The van der Waals surface area contributed by atoms with Crippen molar-refractivity contribution in [3.63, 3.8) is 0 Å². The summed E-state index contributed by atoms with van der Waals surface area (Å²) < 4.78 is 0. The smallest absolute Gasteiger partial charge is 0.258 e. The number of hydrogen-bond acceptors (Lipinski definition) is 4. The number of likely N-dealkylation sites (tertiary alicyclic amines) is 1. The maximum Gasteiger partial charge on any atom is 0.258 e. The van der Waals surface area contributed by atoms with E-state index in [2.05, 4.69) is 14.9 Å². The Morgan fingerprint density at radius 1 is 1.50 bits per heavy atom. The first-order valence-electron chi connectivity index (χ1n) is 6.71. The molecule has 1 aliphatic rings. The first-order valence-corrected chi connectivity index (χ1v) is 7.08. The molecule has 5 nitrogen and oxygen atoms in total. The van der Waals surface area contributed by atoms with Crippen molar-refractivity contribution >= 4 is 22.5 Å². The van der Waals surface area contributed by atoms with Gasteiger partial charge in [-0.25, -0.2) is 4.98 Å². The molecule has 20 heavy (non-hydrogen) atoms. The quantitative estimate of drug-likeness (QED) is 0.900. The lowest BCUT2D eigenvalue weighted by Gasteiger charge is -2.21. The predicted octanol–water partition coefficient (Wildman–Crippen LogP) is 1.53. The van der Waals surface area contributed by atoms with Gasteiger partial charge in [-0.15, -0.1) is 0 Å². The maximum atomic E-state index is 12.1. The molecular weight excluding hydrogens is 278 g/mol. The van der Waals surface area contributed by atoms with Gasteiger partial charge in [-0.05, 0) is 37.6 Å². The molecule has 1 atom stereocenters. The zero-order chi connectivity index (χ0) is 14.1. The number of halogens is 1. The third kappa shape index (κ3) is 2.57. The summed E-state index contributed by atoms with van der Waals surface area (Å²) in [5, 5.41) is 10.3. The third-order valence-corrected chi connectivity index (χ3v) is 4.01. The molecule has 0 aliphatic carbocycles. The van der Waals surface area contributed by atoms with Crippen LogP contribution in [0.3, 0.4) is 0 Å². The Kier molecular flexibility index (Phi) is 3.74. The van der Waals surface area contributed by atoms with Crippen LogP contribution in [0.5, 0.6) is 0 Å². The zero-order valence-corrected chi connectivity index (χ0v) is 11.7. The molecule has 1 aliphatic heterocycles. The molecule has 106 valence electrons. The molecule has 0 spiro atoms. The van der Waals surface area contributed by atoms with Gasteiger partial charge >= 0.3 is 0 Å². The van der Waals surface area contributed by atoms with Gasteiger partial charge in [-0.1, -0.05) is 11.6 Å². The Morgan fingerprint density at radius 2 is 2.35 bits per heavy atom. The summed E-state index contributed by atoms with van der Waals surface area (Å²) in [5.74, 6) is 0.630. The van der Waals surface area contributed by atoms with E-state index < -0.39 is 0 Å². The second-order valence-corrected chi connectivity index (χ2v) is 5.56. The van der Waals surface area contributed by atoms with E-state index in [9.17, 15) is 9.90 Å². The first-order chi connectivity index (χ1) is 9.67. The SMILES string of the molecule is O=c1[nH]c(CN2CCC[C@@H]2CO)nc2ccc(Cl)cc12. The van der Waals surface area contributed by atoms with Gasteiger partial charge in [-0.3, -0.25) is 9.69 Å². The van der Waals surface area contributed by atoms with E-state index in [4.69, 9.17) is 11.6 Å². The van der Waals surface area contributed by atoms with Crippen LogP contribution in [0.15, 0.2) is 23.0 Å². The Hall–Kier alpha value is -1.43. The molecule has 2 aromatic rings. The van der Waals surface area contributed by atoms with Crippen LogP contribution in [0.2, 0.25) is 5.02 Å². The van der Waals surface area contributed by atoms with Crippen molar-refractivity contribution in [2.24, 2.45) is 0 Å². The van der Waals surface area contributed by atoms with Crippen LogP contribution >= 0.6 is 11.6 Å². The van der Waals surface area contributed by atoms with Crippen LogP contribution in [0.25, 0.3) is 10.9 Å². The second kappa shape index (κ2) is 5.52. The fourth-order valence-electron chi connectivity index (χ4n) is 2.74. The van der Waals surface area contributed by atoms with Crippen molar-refractivity contribution in [2.75, 3.05) is 13.2 Å². The highest BCUT2D eigenvalue weighted by molar-refractivity contribution is 6.31. The lowest BCUT2D eigenvalue weighted by Crippen LogP contribution is -2.33. The standard InChI is InChI=1S/C14H16ClN3O2/c15-9-3-4-12-11(6-9)14(20)17-13(16-12)7-18-5-1-2-10(18)8-19/h3-4,6,10,19H,1-2,5,7-8H2,(H,16,17,20)/t10-/m1/s1.